The van der Waals surface area contributed by atoms with Crippen molar-refractivity contribution < 1.29 is 18.9 Å². The van der Waals surface area contributed by atoms with E-state index in [2.05, 4.69) is 52.1 Å². The van der Waals surface area contributed by atoms with E-state index in [9.17, 15) is 0 Å². The van der Waals surface area contributed by atoms with E-state index in [1.165, 1.54) is 9.75 Å². The minimum Gasteiger partial charge on any atom is -0.485 e. The van der Waals surface area contributed by atoms with Gasteiger partial charge >= 0.3 is 0 Å². The van der Waals surface area contributed by atoms with Gasteiger partial charge in [0.15, 0.2) is 23.0 Å². The molecule has 0 N–H and O–H groups in total. The second kappa shape index (κ2) is 7.36. The number of halogens is 2. The van der Waals surface area contributed by atoms with Gasteiger partial charge in [-0.05, 0) is 51.6 Å². The number of hydrogen-bond acceptors (Lipinski definition) is 6. The fourth-order valence-corrected chi connectivity index (χ4v) is 7.42. The molecule has 130 valence electrons. The van der Waals surface area contributed by atoms with Gasteiger partial charge in [0, 0.05) is 5.92 Å². The van der Waals surface area contributed by atoms with E-state index in [0.29, 0.717) is 26.4 Å². The van der Waals surface area contributed by atoms with Gasteiger partial charge in [-0.1, -0.05) is 13.3 Å². The Labute approximate surface area is 176 Å². The molecule has 4 heterocycles. The Bertz CT molecular complexity index is 696. The predicted octanol–water partition coefficient (Wildman–Crippen LogP) is 5.49. The molecular weight excluding hydrogens is 574 g/mol. The maximum Gasteiger partial charge on any atom is 0.185 e. The lowest BCUT2D eigenvalue weighted by Crippen LogP contribution is -2.17. The summed E-state index contributed by atoms with van der Waals surface area (Å²) in [6.07, 6.45) is 2.15. The van der Waals surface area contributed by atoms with Gasteiger partial charge in [-0.15, -0.1) is 22.7 Å². The van der Waals surface area contributed by atoms with Crippen LogP contribution in [0.4, 0.5) is 0 Å². The van der Waals surface area contributed by atoms with Crippen LogP contribution >= 0.6 is 67.9 Å². The lowest BCUT2D eigenvalue weighted by Gasteiger charge is -2.22. The second-order valence-electron chi connectivity index (χ2n) is 5.53. The smallest absolute Gasteiger partial charge is 0.185 e. The normalized spacial score (nSPS) is 15.8. The lowest BCUT2D eigenvalue weighted by molar-refractivity contribution is 0.168. The highest BCUT2D eigenvalue weighted by atomic mass is 127. The van der Waals surface area contributed by atoms with Gasteiger partial charge in [-0.25, -0.2) is 0 Å². The molecule has 0 unspecified atom stereocenters. The molecule has 0 atom stereocenters. The molecule has 0 radical (unpaired) electrons. The standard InChI is InChI=1S/C16H16I2O4S2/c1-2-3-8(13-9-11(15(17)23-13)21-6-4-19-9)14-10-12(16(18)24-14)22-7-5-20-10/h8H,2-7H2,1H3. The molecule has 2 aromatic heterocycles. The summed E-state index contributed by atoms with van der Waals surface area (Å²) >= 11 is 8.26. The van der Waals surface area contributed by atoms with Crippen molar-refractivity contribution in [2.24, 2.45) is 0 Å². The van der Waals surface area contributed by atoms with Crippen LogP contribution in [0, 0.1) is 5.77 Å². The van der Waals surface area contributed by atoms with E-state index in [1.807, 2.05) is 0 Å². The van der Waals surface area contributed by atoms with Crippen LogP contribution in [0.5, 0.6) is 23.0 Å². The maximum atomic E-state index is 5.99. The van der Waals surface area contributed by atoms with Crippen LogP contribution in [0.2, 0.25) is 0 Å². The van der Waals surface area contributed by atoms with Crippen molar-refractivity contribution in [2.75, 3.05) is 26.4 Å². The van der Waals surface area contributed by atoms with E-state index >= 15 is 0 Å². The van der Waals surface area contributed by atoms with Crippen LogP contribution in [-0.4, -0.2) is 26.4 Å². The van der Waals surface area contributed by atoms with Crippen molar-refractivity contribution in [2.45, 2.75) is 25.7 Å². The molecule has 0 saturated heterocycles. The second-order valence-corrected chi connectivity index (χ2v) is 11.3. The van der Waals surface area contributed by atoms with Gasteiger partial charge in [0.2, 0.25) is 0 Å². The highest BCUT2D eigenvalue weighted by Gasteiger charge is 2.34. The first-order chi connectivity index (χ1) is 11.7. The minimum atomic E-state index is 0.267. The minimum absolute atomic E-state index is 0.267. The zero-order valence-electron chi connectivity index (χ0n) is 13.0. The van der Waals surface area contributed by atoms with Gasteiger partial charge in [-0.2, -0.15) is 0 Å². The van der Waals surface area contributed by atoms with Gasteiger partial charge < -0.3 is 18.9 Å². The van der Waals surface area contributed by atoms with Crippen LogP contribution in [0.15, 0.2) is 0 Å². The Morgan fingerprint density at radius 1 is 0.792 bits per heavy atom. The van der Waals surface area contributed by atoms with Crippen molar-refractivity contribution in [3.63, 3.8) is 0 Å². The van der Waals surface area contributed by atoms with E-state index in [-0.39, 0.29) is 5.92 Å². The molecule has 4 rings (SSSR count). The highest BCUT2D eigenvalue weighted by molar-refractivity contribution is 14.1. The summed E-state index contributed by atoms with van der Waals surface area (Å²) in [5.74, 6) is 3.97. The number of rotatable bonds is 4. The van der Waals surface area contributed by atoms with Crippen molar-refractivity contribution in [3.8, 4) is 23.0 Å². The van der Waals surface area contributed by atoms with Gasteiger partial charge in [0.05, 0.1) is 9.75 Å². The fourth-order valence-electron chi connectivity index (χ4n) is 3.00. The summed E-state index contributed by atoms with van der Waals surface area (Å²) in [7, 11) is 0. The molecule has 0 aliphatic carbocycles. The molecule has 4 nitrogen and oxygen atoms in total. The largest absolute Gasteiger partial charge is 0.485 e. The first kappa shape index (κ1) is 17.5. The molecule has 0 bridgehead atoms. The molecule has 0 fully saturated rings. The van der Waals surface area contributed by atoms with Crippen LogP contribution in [0.25, 0.3) is 0 Å². The molecule has 0 spiro atoms. The zero-order valence-corrected chi connectivity index (χ0v) is 19.0. The lowest BCUT2D eigenvalue weighted by atomic mass is 9.98. The Kier molecular flexibility index (Phi) is 5.35. The molecule has 2 aromatic rings. The van der Waals surface area contributed by atoms with E-state index in [1.54, 1.807) is 22.7 Å². The van der Waals surface area contributed by atoms with Crippen LogP contribution in [0.1, 0.15) is 35.4 Å². The van der Waals surface area contributed by atoms with Crippen LogP contribution < -0.4 is 18.9 Å². The van der Waals surface area contributed by atoms with Gasteiger partial charge in [-0.3, -0.25) is 0 Å². The predicted molar refractivity (Wildman–Crippen MR) is 113 cm³/mol. The zero-order chi connectivity index (χ0) is 16.7. The van der Waals surface area contributed by atoms with Gasteiger partial charge in [0.1, 0.15) is 32.2 Å². The molecule has 0 saturated carbocycles. The topological polar surface area (TPSA) is 36.9 Å². The highest BCUT2D eigenvalue weighted by Crippen LogP contribution is 2.55. The first-order valence-electron chi connectivity index (χ1n) is 7.86. The molecule has 0 aromatic carbocycles. The first-order valence-corrected chi connectivity index (χ1v) is 11.6. The maximum absolute atomic E-state index is 5.99. The Balaban J connectivity index is 1.82. The van der Waals surface area contributed by atoms with Crippen molar-refractivity contribution >= 4 is 67.9 Å². The quantitative estimate of drug-likeness (QED) is 0.442. The van der Waals surface area contributed by atoms with Crippen LogP contribution in [-0.2, 0) is 0 Å². The summed E-state index contributed by atoms with van der Waals surface area (Å²) in [6, 6.07) is 0. The van der Waals surface area contributed by atoms with E-state index in [0.717, 1.165) is 41.6 Å². The Hall–Kier alpha value is 0.0600. The summed E-state index contributed by atoms with van der Waals surface area (Å²) in [4.78, 5) is 2.51. The number of thiophene rings is 2. The number of hydrogen-bond donors (Lipinski definition) is 0. The third-order valence-electron chi connectivity index (χ3n) is 3.98. The summed E-state index contributed by atoms with van der Waals surface area (Å²) in [5.41, 5.74) is 0. The SMILES string of the molecule is CCCC(c1sc(I)c2c1OCCO2)c1sc(I)c2c1OCCO2. The summed E-state index contributed by atoms with van der Waals surface area (Å²) < 4.78 is 26.0. The average molecular weight is 590 g/mol. The van der Waals surface area contributed by atoms with Crippen molar-refractivity contribution in [3.05, 3.63) is 15.5 Å². The fraction of sp³-hybridized carbons (Fsp3) is 0.500. The average Bonchev–Trinajstić information content (AvgIpc) is 3.12. The molecule has 0 amide bonds. The molecule has 8 heteroatoms. The van der Waals surface area contributed by atoms with Gasteiger partial charge in [0.25, 0.3) is 0 Å². The third-order valence-corrected chi connectivity index (χ3v) is 8.39. The molecule has 2 aliphatic heterocycles. The number of fused-ring (bicyclic) bond motifs is 2. The van der Waals surface area contributed by atoms with E-state index in [4.69, 9.17) is 18.9 Å². The van der Waals surface area contributed by atoms with Crippen molar-refractivity contribution in [1.82, 2.24) is 0 Å². The van der Waals surface area contributed by atoms with Crippen LogP contribution in [0.3, 0.4) is 0 Å². The Morgan fingerprint density at radius 3 is 1.62 bits per heavy atom. The summed E-state index contributed by atoms with van der Waals surface area (Å²) in [5, 5.41) is 0. The van der Waals surface area contributed by atoms with Crippen molar-refractivity contribution in [1.29, 1.82) is 0 Å². The third kappa shape index (κ3) is 3.01. The van der Waals surface area contributed by atoms with E-state index < -0.39 is 0 Å². The molecular formula is C16H16I2O4S2. The summed E-state index contributed by atoms with van der Waals surface area (Å²) in [6.45, 7) is 4.70. The molecule has 24 heavy (non-hydrogen) atoms. The molecule has 2 aliphatic rings. The monoisotopic (exact) mass is 590 g/mol. The Morgan fingerprint density at radius 2 is 1.21 bits per heavy atom. The number of ether oxygens (including phenoxy) is 4.